The zero-order valence-corrected chi connectivity index (χ0v) is 11.9. The van der Waals surface area contributed by atoms with E-state index in [1.807, 2.05) is 0 Å². The topological polar surface area (TPSA) is 62.7 Å². The summed E-state index contributed by atoms with van der Waals surface area (Å²) in [5, 5.41) is 9.80. The molecule has 6 heteroatoms. The third kappa shape index (κ3) is 2.76. The largest absolute Gasteiger partial charge is 0.397 e. The van der Waals surface area contributed by atoms with Gasteiger partial charge in [-0.05, 0) is 23.8 Å². The van der Waals surface area contributed by atoms with Crippen LogP contribution in [0.3, 0.4) is 0 Å². The summed E-state index contributed by atoms with van der Waals surface area (Å²) in [4.78, 5) is 4.24. The number of hydrogen-bond acceptors (Lipinski definition) is 3. The first-order chi connectivity index (χ1) is 9.04. The molecule has 0 spiro atoms. The molecule has 0 saturated carbocycles. The molecule has 0 saturated heterocycles. The molecule has 1 aromatic heterocycles. The Balaban J connectivity index is 2.66. The van der Waals surface area contributed by atoms with Gasteiger partial charge in [-0.1, -0.05) is 34.8 Å². The second kappa shape index (κ2) is 5.66. The van der Waals surface area contributed by atoms with Crippen molar-refractivity contribution in [1.29, 1.82) is 5.26 Å². The van der Waals surface area contributed by atoms with Gasteiger partial charge >= 0.3 is 0 Å². The number of halogens is 3. The number of nitriles is 1. The van der Waals surface area contributed by atoms with Crippen LogP contribution in [0.4, 0.5) is 5.69 Å². The molecule has 2 rings (SSSR count). The molecule has 0 fully saturated rings. The zero-order valence-electron chi connectivity index (χ0n) is 9.62. The molecule has 0 bridgehead atoms. The molecule has 0 amide bonds. The van der Waals surface area contributed by atoms with Gasteiger partial charge in [-0.3, -0.25) is 4.98 Å². The number of anilines is 1. The number of pyridine rings is 1. The van der Waals surface area contributed by atoms with Crippen molar-refractivity contribution in [3.8, 4) is 17.3 Å². The summed E-state index contributed by atoms with van der Waals surface area (Å²) in [7, 11) is 0. The second-order valence-electron chi connectivity index (χ2n) is 3.83. The van der Waals surface area contributed by atoms with Crippen molar-refractivity contribution in [2.75, 3.05) is 5.73 Å². The normalized spacial score (nSPS) is 10.2. The van der Waals surface area contributed by atoms with Crippen molar-refractivity contribution in [3.63, 3.8) is 0 Å². The minimum atomic E-state index is 0.184. The van der Waals surface area contributed by atoms with Gasteiger partial charge in [0.25, 0.3) is 0 Å². The lowest BCUT2D eigenvalue weighted by Crippen LogP contribution is -1.97. The Morgan fingerprint density at radius 1 is 1.21 bits per heavy atom. The molecule has 0 aliphatic carbocycles. The van der Waals surface area contributed by atoms with Crippen LogP contribution in [0.5, 0.6) is 0 Å². The molecular weight excluding hydrogens is 305 g/mol. The van der Waals surface area contributed by atoms with Crippen LogP contribution < -0.4 is 5.73 Å². The van der Waals surface area contributed by atoms with Crippen LogP contribution >= 0.6 is 34.8 Å². The Labute approximate surface area is 125 Å². The summed E-state index contributed by atoms with van der Waals surface area (Å²) in [6, 6.07) is 7.12. The van der Waals surface area contributed by atoms with E-state index in [-0.39, 0.29) is 11.4 Å². The van der Waals surface area contributed by atoms with Crippen LogP contribution in [0.1, 0.15) is 5.56 Å². The first kappa shape index (κ1) is 14.0. The van der Waals surface area contributed by atoms with Gasteiger partial charge in [0.1, 0.15) is 0 Å². The number of hydrogen-bond donors (Lipinski definition) is 1. The van der Waals surface area contributed by atoms with Crippen molar-refractivity contribution in [1.82, 2.24) is 4.98 Å². The first-order valence-electron chi connectivity index (χ1n) is 5.29. The van der Waals surface area contributed by atoms with Crippen molar-refractivity contribution in [2.45, 2.75) is 6.42 Å². The zero-order chi connectivity index (χ0) is 14.0. The Hall–Kier alpha value is -1.47. The average Bonchev–Trinajstić information content (AvgIpc) is 2.38. The molecule has 19 heavy (non-hydrogen) atoms. The van der Waals surface area contributed by atoms with E-state index < -0.39 is 0 Å². The molecule has 0 unspecified atom stereocenters. The van der Waals surface area contributed by atoms with Crippen LogP contribution in [-0.2, 0) is 6.42 Å². The van der Waals surface area contributed by atoms with Gasteiger partial charge in [0.05, 0.1) is 45.1 Å². The fourth-order valence-corrected chi connectivity index (χ4v) is 2.32. The lowest BCUT2D eigenvalue weighted by Gasteiger charge is -2.10. The van der Waals surface area contributed by atoms with E-state index in [4.69, 9.17) is 45.8 Å². The van der Waals surface area contributed by atoms with Crippen LogP contribution in [0.2, 0.25) is 15.1 Å². The highest BCUT2D eigenvalue weighted by molar-refractivity contribution is 6.49. The van der Waals surface area contributed by atoms with E-state index >= 15 is 0 Å². The van der Waals surface area contributed by atoms with Crippen molar-refractivity contribution >= 4 is 40.5 Å². The summed E-state index contributed by atoms with van der Waals surface area (Å²) in [5.74, 6) is 0. The summed E-state index contributed by atoms with van der Waals surface area (Å²) in [6.45, 7) is 0. The number of nitrogens with zero attached hydrogens (tertiary/aromatic N) is 2. The molecule has 2 aromatic rings. The Morgan fingerprint density at radius 2 is 1.95 bits per heavy atom. The molecule has 96 valence electrons. The van der Waals surface area contributed by atoms with E-state index in [2.05, 4.69) is 11.1 Å². The summed E-state index contributed by atoms with van der Waals surface area (Å²) in [5.41, 5.74) is 8.07. The third-order valence-corrected chi connectivity index (χ3v) is 3.84. The molecular formula is C13H8Cl3N3. The van der Waals surface area contributed by atoms with Gasteiger partial charge in [-0.25, -0.2) is 0 Å². The van der Waals surface area contributed by atoms with Crippen molar-refractivity contribution in [2.24, 2.45) is 0 Å². The second-order valence-corrected chi connectivity index (χ2v) is 5.00. The number of nitrogen functional groups attached to an aromatic ring is 1. The van der Waals surface area contributed by atoms with Gasteiger partial charge < -0.3 is 5.73 Å². The minimum absolute atomic E-state index is 0.184. The van der Waals surface area contributed by atoms with E-state index in [0.717, 1.165) is 0 Å². The van der Waals surface area contributed by atoms with Crippen molar-refractivity contribution in [3.05, 3.63) is 45.0 Å². The molecule has 0 atom stereocenters. The maximum atomic E-state index is 8.85. The smallest absolute Gasteiger partial charge is 0.0785 e. The molecule has 2 N–H and O–H groups in total. The molecule has 0 radical (unpaired) electrons. The summed E-state index contributed by atoms with van der Waals surface area (Å²) in [6.07, 6.45) is 1.69. The number of rotatable bonds is 2. The average molecular weight is 313 g/mol. The number of benzene rings is 1. The Bertz CT molecular complexity index is 678. The SMILES string of the molecule is N#CCc1cc(N)cnc1-c1ccc(Cl)c(Cl)c1Cl. The minimum Gasteiger partial charge on any atom is -0.397 e. The highest BCUT2D eigenvalue weighted by atomic mass is 35.5. The first-order valence-corrected chi connectivity index (χ1v) is 6.43. The number of nitrogens with two attached hydrogens (primary N) is 1. The number of aromatic nitrogens is 1. The van der Waals surface area contributed by atoms with Gasteiger partial charge in [-0.2, -0.15) is 5.26 Å². The maximum absolute atomic E-state index is 8.85. The highest BCUT2D eigenvalue weighted by Crippen LogP contribution is 2.38. The summed E-state index contributed by atoms with van der Waals surface area (Å²) < 4.78 is 0. The Morgan fingerprint density at radius 3 is 2.63 bits per heavy atom. The predicted molar refractivity (Wildman–Crippen MR) is 78.4 cm³/mol. The standard InChI is InChI=1S/C13H8Cl3N3/c14-10-2-1-9(11(15)12(10)16)13-7(3-4-17)5-8(18)6-19-13/h1-2,5-6H,3,18H2. The fourth-order valence-electron chi connectivity index (χ4n) is 1.70. The van der Waals surface area contributed by atoms with Crippen LogP contribution in [0, 0.1) is 11.3 Å². The van der Waals surface area contributed by atoms with E-state index in [9.17, 15) is 0 Å². The quantitative estimate of drug-likeness (QED) is 0.838. The molecule has 0 aliphatic rings. The Kier molecular flexibility index (Phi) is 4.16. The maximum Gasteiger partial charge on any atom is 0.0785 e. The lowest BCUT2D eigenvalue weighted by atomic mass is 10.0. The molecule has 3 nitrogen and oxygen atoms in total. The van der Waals surface area contributed by atoms with E-state index in [1.54, 1.807) is 18.2 Å². The van der Waals surface area contributed by atoms with Gasteiger partial charge in [-0.15, -0.1) is 0 Å². The van der Waals surface area contributed by atoms with E-state index in [0.29, 0.717) is 32.6 Å². The monoisotopic (exact) mass is 311 g/mol. The predicted octanol–water partition coefficient (Wildman–Crippen LogP) is 4.36. The van der Waals surface area contributed by atoms with Crippen LogP contribution in [0.15, 0.2) is 24.4 Å². The molecule has 1 aromatic carbocycles. The highest BCUT2D eigenvalue weighted by Gasteiger charge is 2.14. The fraction of sp³-hybridized carbons (Fsp3) is 0.0769. The molecule has 0 aliphatic heterocycles. The lowest BCUT2D eigenvalue weighted by molar-refractivity contribution is 1.20. The molecule has 1 heterocycles. The van der Waals surface area contributed by atoms with Crippen molar-refractivity contribution < 1.29 is 0 Å². The summed E-state index contributed by atoms with van der Waals surface area (Å²) >= 11 is 18.1. The van der Waals surface area contributed by atoms with E-state index in [1.165, 1.54) is 6.20 Å². The van der Waals surface area contributed by atoms with Gasteiger partial charge in [0.15, 0.2) is 0 Å². The van der Waals surface area contributed by atoms with Gasteiger partial charge in [0.2, 0.25) is 0 Å². The van der Waals surface area contributed by atoms with Crippen LogP contribution in [-0.4, -0.2) is 4.98 Å². The van der Waals surface area contributed by atoms with Crippen LogP contribution in [0.25, 0.3) is 11.3 Å². The third-order valence-electron chi connectivity index (χ3n) is 2.55. The van der Waals surface area contributed by atoms with Gasteiger partial charge in [0, 0.05) is 5.56 Å².